The molecule has 1 unspecified atom stereocenters. The maximum Gasteiger partial charge on any atom is 0.0811 e. The summed E-state index contributed by atoms with van der Waals surface area (Å²) >= 11 is 0. The Morgan fingerprint density at radius 3 is 2.73 bits per heavy atom. The highest BCUT2D eigenvalue weighted by atomic mass is 16.3. The Labute approximate surface area is 66.9 Å². The van der Waals surface area contributed by atoms with Gasteiger partial charge in [-0.3, -0.25) is 0 Å². The molecule has 0 heterocycles. The molecule has 0 aromatic carbocycles. The molecule has 0 aliphatic heterocycles. The molecular weight excluding hydrogens is 140 g/mol. The van der Waals surface area contributed by atoms with Crippen LogP contribution in [0.4, 0.5) is 0 Å². The Morgan fingerprint density at radius 2 is 2.18 bits per heavy atom. The maximum absolute atomic E-state index is 9.35. The number of aliphatic hydroxyl groups excluding tert-OH is 2. The van der Waals surface area contributed by atoms with Gasteiger partial charge in [-0.1, -0.05) is 12.7 Å². The molecule has 0 spiro atoms. The monoisotopic (exact) mass is 154 g/mol. The van der Waals surface area contributed by atoms with Gasteiger partial charge < -0.3 is 10.2 Å². The molecule has 1 fully saturated rings. The van der Waals surface area contributed by atoms with Crippen LogP contribution in [0.2, 0.25) is 0 Å². The Balaban J connectivity index is 2.75. The summed E-state index contributed by atoms with van der Waals surface area (Å²) in [4.78, 5) is 0. The average Bonchev–Trinajstić information content (AvgIpc) is 1.96. The third kappa shape index (κ3) is 1.70. The quantitative estimate of drug-likeness (QED) is 0.546. The predicted octanol–water partition coefficient (Wildman–Crippen LogP) is 1.00. The maximum atomic E-state index is 9.35. The first-order valence-electron chi connectivity index (χ1n) is 3.85. The normalized spacial score (nSPS) is 36.3. The van der Waals surface area contributed by atoms with Crippen LogP contribution in [0.15, 0.2) is 23.8 Å². The molecule has 11 heavy (non-hydrogen) atoms. The molecule has 0 saturated heterocycles. The molecule has 0 amide bonds. The number of allylic oxidation sites excluding steroid dienone is 1. The van der Waals surface area contributed by atoms with E-state index in [0.29, 0.717) is 12.8 Å². The zero-order valence-electron chi connectivity index (χ0n) is 6.75. The summed E-state index contributed by atoms with van der Waals surface area (Å²) in [6.45, 7) is 5.65. The van der Waals surface area contributed by atoms with Gasteiger partial charge in [0.15, 0.2) is 0 Å². The van der Waals surface area contributed by atoms with Gasteiger partial charge in [0.1, 0.15) is 0 Å². The van der Waals surface area contributed by atoms with Gasteiger partial charge in [0.2, 0.25) is 0 Å². The van der Waals surface area contributed by atoms with Crippen LogP contribution in [0.25, 0.3) is 0 Å². The summed E-state index contributed by atoms with van der Waals surface area (Å²) in [5.74, 6) is 0. The summed E-state index contributed by atoms with van der Waals surface area (Å²) in [7, 11) is 0. The summed E-state index contributed by atoms with van der Waals surface area (Å²) in [6.07, 6.45) is 2.00. The third-order valence-electron chi connectivity index (χ3n) is 2.11. The van der Waals surface area contributed by atoms with Crippen molar-refractivity contribution in [1.82, 2.24) is 0 Å². The van der Waals surface area contributed by atoms with E-state index >= 15 is 0 Å². The van der Waals surface area contributed by atoms with Crippen molar-refractivity contribution in [2.75, 3.05) is 0 Å². The van der Waals surface area contributed by atoms with E-state index in [9.17, 15) is 10.2 Å². The fourth-order valence-corrected chi connectivity index (χ4v) is 1.39. The second-order valence-electron chi connectivity index (χ2n) is 2.95. The van der Waals surface area contributed by atoms with Crippen LogP contribution in [0.1, 0.15) is 19.8 Å². The molecule has 62 valence electrons. The number of hydrogen-bond donors (Lipinski definition) is 2. The topological polar surface area (TPSA) is 40.5 Å². The van der Waals surface area contributed by atoms with Gasteiger partial charge in [0.05, 0.1) is 12.2 Å². The average molecular weight is 154 g/mol. The van der Waals surface area contributed by atoms with E-state index in [0.717, 1.165) is 11.1 Å². The van der Waals surface area contributed by atoms with Crippen molar-refractivity contribution >= 4 is 0 Å². The molecule has 1 saturated carbocycles. The van der Waals surface area contributed by atoms with Crippen molar-refractivity contribution in [3.05, 3.63) is 23.8 Å². The minimum atomic E-state index is -0.551. The van der Waals surface area contributed by atoms with Gasteiger partial charge in [-0.15, -0.1) is 0 Å². The van der Waals surface area contributed by atoms with E-state index in [2.05, 4.69) is 6.58 Å². The van der Waals surface area contributed by atoms with Crippen LogP contribution < -0.4 is 0 Å². The van der Waals surface area contributed by atoms with Crippen molar-refractivity contribution < 1.29 is 10.2 Å². The lowest BCUT2D eigenvalue weighted by molar-refractivity contribution is 0.0862. The zero-order valence-corrected chi connectivity index (χ0v) is 6.75. The highest BCUT2D eigenvalue weighted by Gasteiger charge is 2.24. The number of rotatable bonds is 0. The van der Waals surface area contributed by atoms with Gasteiger partial charge >= 0.3 is 0 Å². The molecular formula is C9H14O2. The molecule has 0 aromatic rings. The standard InChI is InChI=1S/C9H14O2/c1-3-7-4-8(10)5-9(11)6(7)2/h3,8-11H,2,4-5H2,1H3/b7-3-/t8-,9?/m1/s1. The van der Waals surface area contributed by atoms with E-state index in [4.69, 9.17) is 0 Å². The summed E-state index contributed by atoms with van der Waals surface area (Å²) in [5, 5.41) is 18.6. The van der Waals surface area contributed by atoms with Crippen molar-refractivity contribution in [3.8, 4) is 0 Å². The molecule has 1 rings (SSSR count). The van der Waals surface area contributed by atoms with Gasteiger partial charge in [-0.05, 0) is 24.5 Å². The van der Waals surface area contributed by atoms with Crippen LogP contribution in [0.3, 0.4) is 0 Å². The van der Waals surface area contributed by atoms with E-state index in [1.807, 2.05) is 13.0 Å². The molecule has 0 aromatic heterocycles. The second kappa shape index (κ2) is 3.20. The van der Waals surface area contributed by atoms with Gasteiger partial charge in [-0.2, -0.15) is 0 Å². The Bertz CT molecular complexity index is 194. The predicted molar refractivity (Wildman–Crippen MR) is 44.1 cm³/mol. The molecule has 2 N–H and O–H groups in total. The highest BCUT2D eigenvalue weighted by Crippen LogP contribution is 2.27. The second-order valence-corrected chi connectivity index (χ2v) is 2.95. The van der Waals surface area contributed by atoms with Gasteiger partial charge in [-0.25, -0.2) is 0 Å². The summed E-state index contributed by atoms with van der Waals surface area (Å²) < 4.78 is 0. The van der Waals surface area contributed by atoms with E-state index in [-0.39, 0.29) is 0 Å². The first kappa shape index (κ1) is 8.50. The minimum Gasteiger partial charge on any atom is -0.393 e. The number of aliphatic hydroxyl groups is 2. The third-order valence-corrected chi connectivity index (χ3v) is 2.11. The van der Waals surface area contributed by atoms with Crippen LogP contribution in [0, 0.1) is 0 Å². The van der Waals surface area contributed by atoms with Crippen molar-refractivity contribution in [2.45, 2.75) is 32.0 Å². The van der Waals surface area contributed by atoms with Crippen LogP contribution >= 0.6 is 0 Å². The lowest BCUT2D eigenvalue weighted by Crippen LogP contribution is -2.26. The molecule has 2 nitrogen and oxygen atoms in total. The smallest absolute Gasteiger partial charge is 0.0811 e. The minimum absolute atomic E-state index is 0.401. The summed E-state index contributed by atoms with van der Waals surface area (Å²) in [5.41, 5.74) is 1.74. The van der Waals surface area contributed by atoms with E-state index in [1.54, 1.807) is 0 Å². The van der Waals surface area contributed by atoms with E-state index < -0.39 is 12.2 Å². The van der Waals surface area contributed by atoms with Gasteiger partial charge in [0, 0.05) is 6.42 Å². The van der Waals surface area contributed by atoms with Crippen LogP contribution in [-0.4, -0.2) is 22.4 Å². The Morgan fingerprint density at radius 1 is 1.55 bits per heavy atom. The fraction of sp³-hybridized carbons (Fsp3) is 0.556. The lowest BCUT2D eigenvalue weighted by Gasteiger charge is -2.26. The molecule has 0 bridgehead atoms. The highest BCUT2D eigenvalue weighted by molar-refractivity contribution is 5.34. The summed E-state index contributed by atoms with van der Waals surface area (Å²) in [6, 6.07) is 0. The Kier molecular flexibility index (Phi) is 2.47. The molecule has 2 heteroatoms. The Hall–Kier alpha value is -0.600. The molecule has 0 radical (unpaired) electrons. The fourth-order valence-electron chi connectivity index (χ4n) is 1.39. The van der Waals surface area contributed by atoms with Crippen molar-refractivity contribution in [3.63, 3.8) is 0 Å². The largest absolute Gasteiger partial charge is 0.393 e. The van der Waals surface area contributed by atoms with Crippen molar-refractivity contribution in [1.29, 1.82) is 0 Å². The zero-order chi connectivity index (χ0) is 8.43. The lowest BCUT2D eigenvalue weighted by atomic mass is 9.86. The van der Waals surface area contributed by atoms with Crippen molar-refractivity contribution in [2.24, 2.45) is 0 Å². The van der Waals surface area contributed by atoms with E-state index in [1.165, 1.54) is 0 Å². The van der Waals surface area contributed by atoms with Gasteiger partial charge in [0.25, 0.3) is 0 Å². The SMILES string of the molecule is C=C1/C(=C\C)C[C@@H](O)CC1O. The number of hydrogen-bond acceptors (Lipinski definition) is 2. The first-order valence-corrected chi connectivity index (χ1v) is 3.85. The molecule has 1 aliphatic carbocycles. The molecule has 1 aliphatic rings. The van der Waals surface area contributed by atoms with Crippen LogP contribution in [0.5, 0.6) is 0 Å². The molecule has 2 atom stereocenters. The first-order chi connectivity index (χ1) is 5.15. The van der Waals surface area contributed by atoms with Crippen LogP contribution in [-0.2, 0) is 0 Å².